The first-order chi connectivity index (χ1) is 9.70. The van der Waals surface area contributed by atoms with Crippen molar-refractivity contribution in [3.8, 4) is 0 Å². The zero-order chi connectivity index (χ0) is 16.0. The van der Waals surface area contributed by atoms with Gasteiger partial charge < -0.3 is 0 Å². The van der Waals surface area contributed by atoms with Crippen molar-refractivity contribution < 1.29 is 4.76 Å². The maximum Gasteiger partial charge on any atom is 0.255 e. The highest BCUT2D eigenvalue weighted by atomic mass is 16.3. The lowest BCUT2D eigenvalue weighted by Gasteiger charge is -2.18. The van der Waals surface area contributed by atoms with Crippen molar-refractivity contribution in [1.82, 2.24) is 0 Å². The zero-order valence-corrected chi connectivity index (χ0v) is 14.0. The molecular formula is C19H26NO+. The van der Waals surface area contributed by atoms with Crippen molar-refractivity contribution in [2.75, 3.05) is 7.05 Å². The van der Waals surface area contributed by atoms with Crippen LogP contribution in [-0.2, 0) is 5.41 Å². The average Bonchev–Trinajstić information content (AvgIpc) is 2.39. The summed E-state index contributed by atoms with van der Waals surface area (Å²) < 4.78 is 0.847. The van der Waals surface area contributed by atoms with E-state index in [1.807, 2.05) is 31.2 Å². The number of nitrogens with zero attached hydrogens (tertiary/aromatic N) is 1. The zero-order valence-electron chi connectivity index (χ0n) is 14.0. The molecule has 2 heteroatoms. The van der Waals surface area contributed by atoms with Gasteiger partial charge in [-0.25, -0.2) is 0 Å². The van der Waals surface area contributed by atoms with Crippen LogP contribution in [0.15, 0.2) is 48.5 Å². The van der Waals surface area contributed by atoms with Crippen LogP contribution in [0, 0.1) is 18.8 Å². The second-order valence-electron chi connectivity index (χ2n) is 6.45. The van der Waals surface area contributed by atoms with Gasteiger partial charge in [0.25, 0.3) is 5.69 Å². The second kappa shape index (κ2) is 7.16. The molecule has 0 N–H and O–H groups in total. The Morgan fingerprint density at radius 2 is 1.14 bits per heavy atom. The fourth-order valence-electron chi connectivity index (χ4n) is 1.81. The van der Waals surface area contributed by atoms with E-state index >= 15 is 0 Å². The predicted molar refractivity (Wildman–Crippen MR) is 90.3 cm³/mol. The Morgan fingerprint density at radius 1 is 0.762 bits per heavy atom. The minimum Gasteiger partial charge on any atom is -0.0590 e. The van der Waals surface area contributed by atoms with Crippen LogP contribution in [-0.4, -0.2) is 11.8 Å². The minimum absolute atomic E-state index is 0.285. The van der Waals surface area contributed by atoms with E-state index in [2.05, 4.69) is 52.0 Å². The van der Waals surface area contributed by atoms with Crippen LogP contribution in [0.25, 0.3) is 0 Å². The monoisotopic (exact) mass is 284 g/mol. The van der Waals surface area contributed by atoms with Gasteiger partial charge in [-0.15, -0.1) is 0 Å². The van der Waals surface area contributed by atoms with Gasteiger partial charge in [-0.1, -0.05) is 68.3 Å². The normalized spacial score (nSPS) is 10.6. The predicted octanol–water partition coefficient (Wildman–Crippen LogP) is 5.33. The third kappa shape index (κ3) is 5.90. The fraction of sp³-hybridized carbons (Fsp3) is 0.368. The van der Waals surface area contributed by atoms with Gasteiger partial charge in [0.1, 0.15) is 0 Å². The molecule has 0 fully saturated rings. The van der Waals surface area contributed by atoms with E-state index < -0.39 is 0 Å². The largest absolute Gasteiger partial charge is 0.255 e. The van der Waals surface area contributed by atoms with Crippen LogP contribution in [0.4, 0.5) is 5.69 Å². The molecule has 0 amide bonds. The third-order valence-corrected chi connectivity index (χ3v) is 3.32. The molecule has 0 atom stereocenters. The number of aryl methyl sites for hydroxylation is 2. The Morgan fingerprint density at radius 3 is 1.48 bits per heavy atom. The molecule has 0 aliphatic heterocycles. The van der Waals surface area contributed by atoms with E-state index in [4.69, 9.17) is 0 Å². The summed E-state index contributed by atoms with van der Waals surface area (Å²) in [7, 11) is 1.49. The summed E-state index contributed by atoms with van der Waals surface area (Å²) in [6, 6.07) is 16.2. The quantitative estimate of drug-likeness (QED) is 0.648. The molecule has 0 saturated heterocycles. The number of benzene rings is 2. The Labute approximate surface area is 128 Å². The highest BCUT2D eigenvalue weighted by molar-refractivity contribution is 5.31. The topological polar surface area (TPSA) is 20.1 Å². The lowest BCUT2D eigenvalue weighted by atomic mass is 9.87. The van der Waals surface area contributed by atoms with Gasteiger partial charge in [0, 0.05) is 21.8 Å². The van der Waals surface area contributed by atoms with Crippen LogP contribution in [0.1, 0.15) is 37.5 Å². The van der Waals surface area contributed by atoms with Gasteiger partial charge >= 0.3 is 0 Å². The van der Waals surface area contributed by atoms with E-state index in [0.29, 0.717) is 5.69 Å². The van der Waals surface area contributed by atoms with Crippen LogP contribution >= 0.6 is 0 Å². The number of rotatable bonds is 1. The number of hydrogen-bond acceptors (Lipinski definition) is 1. The van der Waals surface area contributed by atoms with Crippen molar-refractivity contribution >= 4 is 5.69 Å². The summed E-state index contributed by atoms with van der Waals surface area (Å²) in [5.74, 6) is 0. The molecule has 0 saturated carbocycles. The van der Waals surface area contributed by atoms with E-state index in [0.717, 1.165) is 4.76 Å². The van der Waals surface area contributed by atoms with Gasteiger partial charge in [0.2, 0.25) is 0 Å². The molecule has 0 spiro atoms. The van der Waals surface area contributed by atoms with Crippen LogP contribution in [0.2, 0.25) is 0 Å². The fourth-order valence-corrected chi connectivity index (χ4v) is 1.81. The van der Waals surface area contributed by atoms with E-state index in [-0.39, 0.29) is 5.41 Å². The lowest BCUT2D eigenvalue weighted by Crippen LogP contribution is -2.10. The van der Waals surface area contributed by atoms with E-state index in [1.165, 1.54) is 23.7 Å². The highest BCUT2D eigenvalue weighted by Gasteiger charge is 2.11. The molecule has 2 rings (SSSR count). The summed E-state index contributed by atoms with van der Waals surface area (Å²) >= 11 is 0. The maximum atomic E-state index is 10.7. The summed E-state index contributed by atoms with van der Waals surface area (Å²) in [6.07, 6.45) is 0. The molecular weight excluding hydrogens is 258 g/mol. The summed E-state index contributed by atoms with van der Waals surface area (Å²) in [5, 5.41) is 0. The minimum atomic E-state index is 0.285. The molecule has 0 bridgehead atoms. The molecule has 0 unspecified atom stereocenters. The van der Waals surface area contributed by atoms with Gasteiger partial charge in [-0.2, -0.15) is 0 Å². The Bertz CT molecular complexity index is 574. The Kier molecular flexibility index (Phi) is 5.83. The number of hydrogen-bond donors (Lipinski definition) is 0. The molecule has 21 heavy (non-hydrogen) atoms. The molecule has 112 valence electrons. The smallest absolute Gasteiger partial charge is 0.0590 e. The molecule has 0 aromatic heterocycles. The first kappa shape index (κ1) is 17.1. The van der Waals surface area contributed by atoms with Crippen molar-refractivity contribution in [2.45, 2.75) is 40.0 Å². The maximum absolute atomic E-state index is 10.7. The van der Waals surface area contributed by atoms with Gasteiger partial charge in [0.15, 0.2) is 7.05 Å². The third-order valence-electron chi connectivity index (χ3n) is 3.32. The van der Waals surface area contributed by atoms with Crippen LogP contribution in [0.3, 0.4) is 0 Å². The molecule has 0 aliphatic carbocycles. The molecule has 2 aromatic rings. The number of nitroso groups, excluding NO2 is 1. The van der Waals surface area contributed by atoms with Crippen molar-refractivity contribution in [2.24, 2.45) is 0 Å². The van der Waals surface area contributed by atoms with Gasteiger partial charge in [-0.3, -0.25) is 0 Å². The highest BCUT2D eigenvalue weighted by Crippen LogP contribution is 2.21. The Balaban J connectivity index is 0.000000211. The van der Waals surface area contributed by atoms with E-state index in [1.54, 1.807) is 0 Å². The molecule has 2 nitrogen and oxygen atoms in total. The van der Waals surface area contributed by atoms with Crippen LogP contribution < -0.4 is 0 Å². The van der Waals surface area contributed by atoms with Crippen molar-refractivity contribution in [1.29, 1.82) is 0 Å². The first-order valence-corrected chi connectivity index (χ1v) is 7.25. The Hall–Kier alpha value is -1.96. The summed E-state index contributed by atoms with van der Waals surface area (Å²) in [5.41, 5.74) is 4.89. The van der Waals surface area contributed by atoms with Gasteiger partial charge in [-0.05, 0) is 24.8 Å². The lowest BCUT2D eigenvalue weighted by molar-refractivity contribution is -0.428. The molecule has 0 radical (unpaired) electrons. The van der Waals surface area contributed by atoms with Crippen molar-refractivity contribution in [3.05, 3.63) is 70.1 Å². The average molecular weight is 284 g/mol. The van der Waals surface area contributed by atoms with Crippen LogP contribution in [0.5, 0.6) is 0 Å². The second-order valence-corrected chi connectivity index (χ2v) is 6.45. The molecule has 0 aliphatic rings. The van der Waals surface area contributed by atoms with E-state index in [9.17, 15) is 4.91 Å². The summed E-state index contributed by atoms with van der Waals surface area (Å²) in [4.78, 5) is 10.7. The standard InChI is InChI=1S/C11H16.C8H10NO/c1-9-5-7-10(8-6-9)11(2,3)4;1-7-3-5-8(6-4-7)9(2)10/h5-8H,1-4H3;3-6H,1-2H3/q;+1. The first-order valence-electron chi connectivity index (χ1n) is 7.25. The van der Waals surface area contributed by atoms with Gasteiger partial charge in [0.05, 0.1) is 0 Å². The SMILES string of the molecule is Cc1ccc(C(C)(C)C)cc1.Cc1ccc([N+](C)=O)cc1. The van der Waals surface area contributed by atoms with Crippen molar-refractivity contribution in [3.63, 3.8) is 0 Å². The molecule has 2 aromatic carbocycles. The molecule has 0 heterocycles. The summed E-state index contributed by atoms with van der Waals surface area (Å²) in [6.45, 7) is 10.8.